The topological polar surface area (TPSA) is 110 Å². The van der Waals surface area contributed by atoms with Gasteiger partial charge in [-0.1, -0.05) is 25.3 Å². The Labute approximate surface area is 173 Å². The summed E-state index contributed by atoms with van der Waals surface area (Å²) < 4.78 is 6.63. The van der Waals surface area contributed by atoms with Crippen LogP contribution in [0.25, 0.3) is 5.65 Å². The monoisotopic (exact) mass is 412 g/mol. The molecule has 9 heteroatoms. The van der Waals surface area contributed by atoms with E-state index in [2.05, 4.69) is 10.3 Å². The van der Waals surface area contributed by atoms with Crippen molar-refractivity contribution in [2.75, 3.05) is 6.54 Å². The number of imide groups is 1. The van der Waals surface area contributed by atoms with Crippen LogP contribution in [0.4, 0.5) is 4.79 Å². The van der Waals surface area contributed by atoms with Gasteiger partial charge in [0.2, 0.25) is 0 Å². The van der Waals surface area contributed by atoms with Gasteiger partial charge in [-0.3, -0.25) is 23.7 Å². The highest BCUT2D eigenvalue weighted by Gasteiger charge is 2.51. The summed E-state index contributed by atoms with van der Waals surface area (Å²) in [5, 5.41) is 2.82. The number of carbonyl (C=O) groups excluding carboxylic acids is 3. The normalized spacial score (nSPS) is 18.1. The molecular formula is C21H24N4O5. The lowest BCUT2D eigenvalue weighted by molar-refractivity contribution is -0.145. The number of rotatable bonds is 5. The van der Waals surface area contributed by atoms with Crippen LogP contribution >= 0.6 is 0 Å². The molecule has 0 atom stereocenters. The molecule has 1 saturated carbocycles. The largest absolute Gasteiger partial charge is 0.459 e. The molecule has 1 aliphatic heterocycles. The van der Waals surface area contributed by atoms with Gasteiger partial charge < -0.3 is 10.1 Å². The zero-order valence-electron chi connectivity index (χ0n) is 16.8. The number of ether oxygens (including phenoxy) is 1. The average molecular weight is 412 g/mol. The molecule has 158 valence electrons. The van der Waals surface area contributed by atoms with Crippen molar-refractivity contribution in [1.29, 1.82) is 0 Å². The number of nitrogens with zero attached hydrogens (tertiary/aromatic N) is 3. The first-order valence-corrected chi connectivity index (χ1v) is 10.2. The number of aromatic nitrogens is 2. The van der Waals surface area contributed by atoms with Gasteiger partial charge >= 0.3 is 12.0 Å². The Balaban J connectivity index is 1.34. The number of urea groups is 1. The van der Waals surface area contributed by atoms with Gasteiger partial charge in [-0.05, 0) is 31.4 Å². The second-order valence-corrected chi connectivity index (χ2v) is 7.96. The summed E-state index contributed by atoms with van der Waals surface area (Å²) in [4.78, 5) is 54.7. The smallest absolute Gasteiger partial charge is 0.325 e. The van der Waals surface area contributed by atoms with Crippen molar-refractivity contribution in [3.63, 3.8) is 0 Å². The molecule has 0 bridgehead atoms. The van der Waals surface area contributed by atoms with Gasteiger partial charge in [0.15, 0.2) is 0 Å². The highest BCUT2D eigenvalue weighted by Crippen LogP contribution is 2.33. The molecule has 1 spiro atoms. The fourth-order valence-corrected chi connectivity index (χ4v) is 4.14. The van der Waals surface area contributed by atoms with E-state index in [0.717, 1.165) is 29.7 Å². The molecule has 3 amide bonds. The van der Waals surface area contributed by atoms with Crippen molar-refractivity contribution in [2.24, 2.45) is 0 Å². The Bertz CT molecular complexity index is 1070. The molecule has 2 aromatic heterocycles. The predicted molar refractivity (Wildman–Crippen MR) is 107 cm³/mol. The minimum atomic E-state index is -0.797. The van der Waals surface area contributed by atoms with Crippen molar-refractivity contribution in [3.8, 4) is 0 Å². The summed E-state index contributed by atoms with van der Waals surface area (Å²) in [7, 11) is 0. The van der Waals surface area contributed by atoms with Crippen LogP contribution in [0.3, 0.4) is 0 Å². The van der Waals surface area contributed by atoms with Crippen LogP contribution in [0.2, 0.25) is 0 Å². The van der Waals surface area contributed by atoms with Gasteiger partial charge in [0.25, 0.3) is 11.5 Å². The number of nitrogens with one attached hydrogen (secondary N) is 1. The maximum atomic E-state index is 12.7. The number of amides is 3. The van der Waals surface area contributed by atoms with Crippen LogP contribution in [0.1, 0.15) is 49.8 Å². The molecular weight excluding hydrogens is 388 g/mol. The van der Waals surface area contributed by atoms with Crippen molar-refractivity contribution < 1.29 is 19.1 Å². The summed E-state index contributed by atoms with van der Waals surface area (Å²) in [6.07, 6.45) is 5.73. The lowest BCUT2D eigenvalue weighted by atomic mass is 9.82. The van der Waals surface area contributed by atoms with Gasteiger partial charge in [0, 0.05) is 18.8 Å². The van der Waals surface area contributed by atoms with E-state index < -0.39 is 17.5 Å². The maximum Gasteiger partial charge on any atom is 0.325 e. The zero-order chi connectivity index (χ0) is 21.3. The lowest BCUT2D eigenvalue weighted by Gasteiger charge is -2.30. The van der Waals surface area contributed by atoms with E-state index in [9.17, 15) is 19.2 Å². The van der Waals surface area contributed by atoms with E-state index in [1.165, 1.54) is 10.5 Å². The maximum absolute atomic E-state index is 12.7. The molecule has 3 heterocycles. The molecule has 2 aromatic rings. The van der Waals surface area contributed by atoms with Crippen LogP contribution in [-0.4, -0.2) is 44.3 Å². The molecule has 1 N–H and O–H groups in total. The minimum absolute atomic E-state index is 0.0294. The highest BCUT2D eigenvalue weighted by atomic mass is 16.5. The molecule has 0 unspecified atom stereocenters. The summed E-state index contributed by atoms with van der Waals surface area (Å²) in [6.45, 7) is 1.70. The number of aryl methyl sites for hydroxylation is 1. The van der Waals surface area contributed by atoms with Crippen molar-refractivity contribution >= 4 is 23.6 Å². The van der Waals surface area contributed by atoms with Crippen molar-refractivity contribution in [1.82, 2.24) is 19.6 Å². The number of hydrogen-bond donors (Lipinski definition) is 1. The molecule has 0 radical (unpaired) electrons. The highest BCUT2D eigenvalue weighted by molar-refractivity contribution is 6.07. The first kappa shape index (κ1) is 20.1. The molecule has 2 aliphatic rings. The van der Waals surface area contributed by atoms with E-state index >= 15 is 0 Å². The summed E-state index contributed by atoms with van der Waals surface area (Å²) in [5.41, 5.74) is 0.687. The molecule has 9 nitrogen and oxygen atoms in total. The molecule has 30 heavy (non-hydrogen) atoms. The Kier molecular flexibility index (Phi) is 5.27. The van der Waals surface area contributed by atoms with Gasteiger partial charge in [-0.25, -0.2) is 9.78 Å². The third-order valence-corrected chi connectivity index (χ3v) is 5.73. The Morgan fingerprint density at radius 3 is 2.73 bits per heavy atom. The van der Waals surface area contributed by atoms with E-state index in [4.69, 9.17) is 4.74 Å². The van der Waals surface area contributed by atoms with E-state index in [0.29, 0.717) is 24.2 Å². The van der Waals surface area contributed by atoms with Crippen LogP contribution in [0.5, 0.6) is 0 Å². The van der Waals surface area contributed by atoms with E-state index in [1.54, 1.807) is 12.3 Å². The quantitative estimate of drug-likeness (QED) is 0.591. The zero-order valence-corrected chi connectivity index (χ0v) is 16.8. The SMILES string of the molecule is Cc1ccc2nc(COC(=O)CCN3C(=O)NC4(CCCCC4)C3=O)cc(=O)n2c1. The lowest BCUT2D eigenvalue weighted by Crippen LogP contribution is -2.48. The van der Waals surface area contributed by atoms with Gasteiger partial charge in [0.1, 0.15) is 17.8 Å². The fourth-order valence-electron chi connectivity index (χ4n) is 4.14. The fraction of sp³-hybridized carbons (Fsp3) is 0.476. The predicted octanol–water partition coefficient (Wildman–Crippen LogP) is 1.69. The number of hydrogen-bond acceptors (Lipinski definition) is 6. The third kappa shape index (κ3) is 3.79. The Hall–Kier alpha value is -3.23. The summed E-state index contributed by atoms with van der Waals surface area (Å²) in [5.74, 6) is -0.814. The first-order chi connectivity index (χ1) is 14.4. The van der Waals surface area contributed by atoms with E-state index in [1.807, 2.05) is 13.0 Å². The minimum Gasteiger partial charge on any atom is -0.459 e. The van der Waals surface area contributed by atoms with Crippen LogP contribution < -0.4 is 10.9 Å². The van der Waals surface area contributed by atoms with Gasteiger partial charge in [-0.15, -0.1) is 0 Å². The Morgan fingerprint density at radius 1 is 1.20 bits per heavy atom. The third-order valence-electron chi connectivity index (χ3n) is 5.73. The van der Waals surface area contributed by atoms with Crippen molar-refractivity contribution in [2.45, 2.75) is 57.6 Å². The molecule has 2 fully saturated rings. The molecule has 4 rings (SSSR count). The molecule has 1 saturated heterocycles. The number of fused-ring (bicyclic) bond motifs is 1. The first-order valence-electron chi connectivity index (χ1n) is 10.2. The van der Waals surface area contributed by atoms with Gasteiger partial charge in [-0.2, -0.15) is 0 Å². The van der Waals surface area contributed by atoms with Crippen molar-refractivity contribution in [3.05, 3.63) is 46.0 Å². The second-order valence-electron chi connectivity index (χ2n) is 7.96. The Morgan fingerprint density at radius 2 is 1.97 bits per heavy atom. The summed E-state index contributed by atoms with van der Waals surface area (Å²) in [6, 6.07) is 4.44. The summed E-state index contributed by atoms with van der Waals surface area (Å²) >= 11 is 0. The van der Waals surface area contributed by atoms with Crippen LogP contribution in [0.15, 0.2) is 29.2 Å². The van der Waals surface area contributed by atoms with Crippen LogP contribution in [0, 0.1) is 6.92 Å². The standard InChI is InChI=1S/C21H24N4O5/c1-14-5-6-16-22-15(11-17(26)25(16)12-14)13-30-18(27)7-10-24-19(28)21(23-20(24)29)8-3-2-4-9-21/h5-6,11-12H,2-4,7-10,13H2,1H3,(H,23,29). The van der Waals surface area contributed by atoms with Gasteiger partial charge in [0.05, 0.1) is 12.1 Å². The van der Waals surface area contributed by atoms with E-state index in [-0.39, 0.29) is 31.0 Å². The number of esters is 1. The number of carbonyl (C=O) groups is 3. The number of pyridine rings is 1. The second kappa shape index (κ2) is 7.89. The molecule has 1 aliphatic carbocycles. The molecule has 0 aromatic carbocycles. The average Bonchev–Trinajstić information content (AvgIpc) is 2.95. The van der Waals surface area contributed by atoms with Crippen LogP contribution in [-0.2, 0) is 20.9 Å².